The Morgan fingerprint density at radius 1 is 1.57 bits per heavy atom. The van der Waals surface area contributed by atoms with Crippen molar-refractivity contribution in [2.75, 3.05) is 20.2 Å². The minimum absolute atomic E-state index is 0.739. The third-order valence-electron chi connectivity index (χ3n) is 2.54. The van der Waals surface area contributed by atoms with E-state index in [9.17, 15) is 0 Å². The van der Waals surface area contributed by atoms with Crippen LogP contribution in [0.5, 0.6) is 5.75 Å². The number of pyridine rings is 1. The molecule has 1 aliphatic rings. The number of hydrogen-bond donors (Lipinski definition) is 1. The summed E-state index contributed by atoms with van der Waals surface area (Å²) in [7, 11) is 1.69. The number of hydrogen-bond acceptors (Lipinski definition) is 3. The Bertz CT molecular complexity index is 326. The number of aromatic nitrogens is 1. The van der Waals surface area contributed by atoms with E-state index in [-0.39, 0.29) is 0 Å². The molecule has 0 saturated carbocycles. The van der Waals surface area contributed by atoms with Crippen LogP contribution in [-0.4, -0.2) is 25.2 Å². The van der Waals surface area contributed by atoms with Crippen molar-refractivity contribution in [1.29, 1.82) is 0 Å². The first kappa shape index (κ1) is 9.93. The summed E-state index contributed by atoms with van der Waals surface area (Å²) in [4.78, 5) is 4.08. The zero-order chi connectivity index (χ0) is 9.97. The highest BCUT2D eigenvalue weighted by molar-refractivity contribution is 9.10. The second-order valence-corrected chi connectivity index (χ2v) is 4.38. The van der Waals surface area contributed by atoms with Crippen LogP contribution in [0.4, 0.5) is 0 Å². The second kappa shape index (κ2) is 4.28. The summed E-state index contributed by atoms with van der Waals surface area (Å²) in [6.07, 6.45) is 4.65. The van der Waals surface area contributed by atoms with Gasteiger partial charge in [0.2, 0.25) is 0 Å². The molecular weight excluding hydrogens is 244 g/mol. The number of nitrogens with zero attached hydrogens (tertiary/aromatic N) is 1. The molecule has 3 nitrogen and oxygen atoms in total. The van der Waals surface area contributed by atoms with E-state index in [1.807, 2.05) is 6.20 Å². The smallest absolute Gasteiger partial charge is 0.141 e. The average Bonchev–Trinajstić information content (AvgIpc) is 2.12. The van der Waals surface area contributed by atoms with Gasteiger partial charge in [-0.15, -0.1) is 0 Å². The summed E-state index contributed by atoms with van der Waals surface area (Å²) in [5.41, 5.74) is 1.23. The third kappa shape index (κ3) is 1.91. The van der Waals surface area contributed by atoms with Crippen molar-refractivity contribution in [2.24, 2.45) is 5.92 Å². The third-order valence-corrected chi connectivity index (χ3v) is 3.23. The summed E-state index contributed by atoms with van der Waals surface area (Å²) in [5, 5.41) is 3.27. The summed E-state index contributed by atoms with van der Waals surface area (Å²) in [5.74, 6) is 1.62. The maximum atomic E-state index is 5.28. The Morgan fingerprint density at radius 2 is 2.36 bits per heavy atom. The van der Waals surface area contributed by atoms with Crippen molar-refractivity contribution in [3.63, 3.8) is 0 Å². The second-order valence-electron chi connectivity index (χ2n) is 3.53. The zero-order valence-corrected chi connectivity index (χ0v) is 9.67. The molecule has 0 aromatic carbocycles. The van der Waals surface area contributed by atoms with Gasteiger partial charge >= 0.3 is 0 Å². The Labute approximate surface area is 92.0 Å². The molecule has 0 bridgehead atoms. The molecule has 0 atom stereocenters. The van der Waals surface area contributed by atoms with Crippen LogP contribution in [0.2, 0.25) is 0 Å². The van der Waals surface area contributed by atoms with Gasteiger partial charge in [-0.25, -0.2) is 0 Å². The lowest BCUT2D eigenvalue weighted by Crippen LogP contribution is -2.43. The monoisotopic (exact) mass is 256 g/mol. The van der Waals surface area contributed by atoms with Crippen molar-refractivity contribution < 1.29 is 4.74 Å². The summed E-state index contributed by atoms with van der Waals surface area (Å²) >= 11 is 3.51. The van der Waals surface area contributed by atoms with Gasteiger partial charge in [-0.2, -0.15) is 0 Å². The zero-order valence-electron chi connectivity index (χ0n) is 8.09. The molecule has 1 aliphatic heterocycles. The number of halogens is 1. The number of methoxy groups -OCH3 is 1. The maximum Gasteiger partial charge on any atom is 0.141 e. The molecule has 1 aromatic rings. The number of rotatable bonds is 3. The molecule has 1 aromatic heterocycles. The first-order chi connectivity index (χ1) is 6.81. The Morgan fingerprint density at radius 3 is 2.93 bits per heavy atom. The fraction of sp³-hybridized carbons (Fsp3) is 0.500. The van der Waals surface area contributed by atoms with Crippen LogP contribution >= 0.6 is 15.9 Å². The fourth-order valence-corrected chi connectivity index (χ4v) is 2.07. The van der Waals surface area contributed by atoms with Gasteiger partial charge in [-0.05, 0) is 41.4 Å². The van der Waals surface area contributed by atoms with E-state index in [0.717, 1.165) is 35.7 Å². The number of ether oxygens (including phenoxy) is 1. The van der Waals surface area contributed by atoms with E-state index in [1.165, 1.54) is 5.56 Å². The minimum atomic E-state index is 0.739. The standard InChI is InChI=1S/C10H13BrN2O/c1-14-10-6-13-5-9(11)8(10)2-7-3-12-4-7/h5-7,12H,2-4H2,1H3. The molecule has 4 heteroatoms. The van der Waals surface area contributed by atoms with E-state index in [1.54, 1.807) is 13.3 Å². The molecule has 76 valence electrons. The maximum absolute atomic E-state index is 5.28. The highest BCUT2D eigenvalue weighted by atomic mass is 79.9. The lowest BCUT2D eigenvalue weighted by Gasteiger charge is -2.27. The molecule has 14 heavy (non-hydrogen) atoms. The number of nitrogens with one attached hydrogen (secondary N) is 1. The summed E-state index contributed by atoms with van der Waals surface area (Å²) in [6.45, 7) is 2.22. The Kier molecular flexibility index (Phi) is 3.03. The predicted molar refractivity (Wildman–Crippen MR) is 58.6 cm³/mol. The topological polar surface area (TPSA) is 34.1 Å². The van der Waals surface area contributed by atoms with E-state index in [2.05, 4.69) is 26.2 Å². The quantitative estimate of drug-likeness (QED) is 0.893. The molecule has 1 N–H and O–H groups in total. The first-order valence-electron chi connectivity index (χ1n) is 4.68. The van der Waals surface area contributed by atoms with Gasteiger partial charge < -0.3 is 10.1 Å². The highest BCUT2D eigenvalue weighted by Crippen LogP contribution is 2.28. The summed E-state index contributed by atoms with van der Waals surface area (Å²) in [6, 6.07) is 0. The highest BCUT2D eigenvalue weighted by Gasteiger charge is 2.20. The Balaban J connectivity index is 2.19. The average molecular weight is 257 g/mol. The van der Waals surface area contributed by atoms with Gasteiger partial charge in [0.1, 0.15) is 5.75 Å². The van der Waals surface area contributed by atoms with Crippen molar-refractivity contribution in [2.45, 2.75) is 6.42 Å². The van der Waals surface area contributed by atoms with Gasteiger partial charge in [0, 0.05) is 16.2 Å². The molecule has 1 fully saturated rings. The molecule has 2 heterocycles. The van der Waals surface area contributed by atoms with E-state index < -0.39 is 0 Å². The first-order valence-corrected chi connectivity index (χ1v) is 5.47. The van der Waals surface area contributed by atoms with Gasteiger partial charge in [0.15, 0.2) is 0 Å². The van der Waals surface area contributed by atoms with Crippen LogP contribution < -0.4 is 10.1 Å². The van der Waals surface area contributed by atoms with E-state index >= 15 is 0 Å². The molecule has 0 radical (unpaired) electrons. The normalized spacial score (nSPS) is 16.4. The van der Waals surface area contributed by atoms with Gasteiger partial charge in [0.05, 0.1) is 13.3 Å². The predicted octanol–water partition coefficient (Wildman–Crippen LogP) is 1.61. The molecule has 0 aliphatic carbocycles. The van der Waals surface area contributed by atoms with Crippen LogP contribution in [0.15, 0.2) is 16.9 Å². The Hall–Kier alpha value is -0.610. The minimum Gasteiger partial charge on any atom is -0.495 e. The fourth-order valence-electron chi connectivity index (χ4n) is 1.60. The molecule has 0 amide bonds. The lowest BCUT2D eigenvalue weighted by atomic mass is 9.94. The molecule has 1 saturated heterocycles. The van der Waals surface area contributed by atoms with E-state index in [4.69, 9.17) is 4.74 Å². The lowest BCUT2D eigenvalue weighted by molar-refractivity contribution is 0.337. The largest absolute Gasteiger partial charge is 0.495 e. The summed E-state index contributed by atoms with van der Waals surface area (Å²) < 4.78 is 6.33. The van der Waals surface area contributed by atoms with Crippen LogP contribution in [0, 0.1) is 5.92 Å². The van der Waals surface area contributed by atoms with Crippen molar-refractivity contribution in [3.8, 4) is 5.75 Å². The van der Waals surface area contributed by atoms with Gasteiger partial charge in [-0.1, -0.05) is 0 Å². The van der Waals surface area contributed by atoms with Crippen molar-refractivity contribution in [3.05, 3.63) is 22.4 Å². The van der Waals surface area contributed by atoms with Crippen LogP contribution in [0.3, 0.4) is 0 Å². The van der Waals surface area contributed by atoms with Gasteiger partial charge in [-0.3, -0.25) is 4.98 Å². The molecule has 0 unspecified atom stereocenters. The van der Waals surface area contributed by atoms with Crippen molar-refractivity contribution >= 4 is 15.9 Å². The van der Waals surface area contributed by atoms with Gasteiger partial charge in [0.25, 0.3) is 0 Å². The molecular formula is C10H13BrN2O. The molecule has 2 rings (SSSR count). The van der Waals surface area contributed by atoms with Crippen LogP contribution in [0.25, 0.3) is 0 Å². The SMILES string of the molecule is COc1cncc(Br)c1CC1CNC1. The van der Waals surface area contributed by atoms with Crippen LogP contribution in [0.1, 0.15) is 5.56 Å². The molecule has 0 spiro atoms. The van der Waals surface area contributed by atoms with Crippen molar-refractivity contribution in [1.82, 2.24) is 10.3 Å². The van der Waals surface area contributed by atoms with Crippen LogP contribution in [-0.2, 0) is 6.42 Å². The van der Waals surface area contributed by atoms with E-state index in [0.29, 0.717) is 0 Å².